The molecule has 0 radical (unpaired) electrons. The minimum absolute atomic E-state index is 0.199. The monoisotopic (exact) mass is 267 g/mol. The molecule has 0 spiro atoms. The van der Waals surface area contributed by atoms with Crippen molar-refractivity contribution in [2.45, 2.75) is 13.8 Å². The van der Waals surface area contributed by atoms with Gasteiger partial charge in [-0.2, -0.15) is 0 Å². The number of benzene rings is 1. The van der Waals surface area contributed by atoms with E-state index in [1.165, 1.54) is 12.1 Å². The number of hydrogen-bond acceptors (Lipinski definition) is 4. The molecule has 6 heteroatoms. The molecule has 94 valence electrons. The summed E-state index contributed by atoms with van der Waals surface area (Å²) >= 11 is 5.95. The van der Waals surface area contributed by atoms with E-state index in [-0.39, 0.29) is 10.9 Å². The van der Waals surface area contributed by atoms with E-state index in [9.17, 15) is 4.39 Å². The first-order valence-corrected chi connectivity index (χ1v) is 5.79. The fraction of sp³-hybridized carbons (Fsp3) is 0.250. The largest absolute Gasteiger partial charge is 0.491 e. The molecule has 0 bridgehead atoms. The fourth-order valence-electron chi connectivity index (χ4n) is 1.48. The van der Waals surface area contributed by atoms with Gasteiger partial charge in [-0.05, 0) is 32.0 Å². The van der Waals surface area contributed by atoms with Gasteiger partial charge in [-0.15, -0.1) is 10.2 Å². The van der Waals surface area contributed by atoms with Crippen molar-refractivity contribution in [1.29, 1.82) is 0 Å². The van der Waals surface area contributed by atoms with Gasteiger partial charge in [0.1, 0.15) is 11.5 Å². The van der Waals surface area contributed by atoms with Crippen molar-refractivity contribution in [2.24, 2.45) is 0 Å². The first kappa shape index (κ1) is 12.7. The Balaban J connectivity index is 2.42. The molecule has 0 saturated carbocycles. The molecule has 0 aliphatic rings. The Morgan fingerprint density at radius 1 is 1.33 bits per heavy atom. The number of aromatic nitrogens is 3. The Labute approximate surface area is 109 Å². The van der Waals surface area contributed by atoms with Crippen LogP contribution in [-0.4, -0.2) is 21.8 Å². The molecule has 2 rings (SSSR count). The maximum atomic E-state index is 13.7. The van der Waals surface area contributed by atoms with Gasteiger partial charge in [0.05, 0.1) is 6.61 Å². The predicted molar refractivity (Wildman–Crippen MR) is 66.1 cm³/mol. The van der Waals surface area contributed by atoms with Gasteiger partial charge in [-0.1, -0.05) is 11.6 Å². The molecule has 18 heavy (non-hydrogen) atoms. The van der Waals surface area contributed by atoms with Crippen molar-refractivity contribution < 1.29 is 9.13 Å². The summed E-state index contributed by atoms with van der Waals surface area (Å²) in [5.41, 5.74) is 0.866. The van der Waals surface area contributed by atoms with Crippen LogP contribution in [0.3, 0.4) is 0 Å². The molecule has 4 nitrogen and oxygen atoms in total. The molecule has 0 fully saturated rings. The Bertz CT molecular complexity index is 577. The lowest BCUT2D eigenvalue weighted by atomic mass is 10.1. The highest BCUT2D eigenvalue weighted by Gasteiger charge is 2.11. The Morgan fingerprint density at radius 3 is 2.72 bits per heavy atom. The van der Waals surface area contributed by atoms with Crippen LogP contribution in [0.5, 0.6) is 5.75 Å². The molecule has 1 aromatic carbocycles. The number of hydrogen-bond donors (Lipinski definition) is 0. The Morgan fingerprint density at radius 2 is 2.11 bits per heavy atom. The first-order valence-electron chi connectivity index (χ1n) is 5.41. The van der Waals surface area contributed by atoms with Crippen LogP contribution in [-0.2, 0) is 0 Å². The van der Waals surface area contributed by atoms with E-state index >= 15 is 0 Å². The van der Waals surface area contributed by atoms with Crippen molar-refractivity contribution in [3.8, 4) is 17.0 Å². The van der Waals surface area contributed by atoms with Crippen LogP contribution in [0.15, 0.2) is 18.2 Å². The molecular formula is C12H11ClFN3O. The minimum Gasteiger partial charge on any atom is -0.491 e. The first-order chi connectivity index (χ1) is 8.61. The van der Waals surface area contributed by atoms with Crippen molar-refractivity contribution >= 4 is 11.6 Å². The highest BCUT2D eigenvalue weighted by molar-refractivity contribution is 6.31. The fourth-order valence-corrected chi connectivity index (χ4v) is 1.75. The SMILES string of the molecule is CCOc1ccc(-c2nnc(C)nc2Cl)cc1F. The topological polar surface area (TPSA) is 47.9 Å². The van der Waals surface area contributed by atoms with Crippen molar-refractivity contribution in [3.63, 3.8) is 0 Å². The number of nitrogens with zero attached hydrogens (tertiary/aromatic N) is 3. The molecule has 0 unspecified atom stereocenters. The smallest absolute Gasteiger partial charge is 0.165 e. The zero-order chi connectivity index (χ0) is 13.1. The average Bonchev–Trinajstić information content (AvgIpc) is 2.32. The second kappa shape index (κ2) is 5.27. The van der Waals surface area contributed by atoms with Gasteiger partial charge >= 0.3 is 0 Å². The van der Waals surface area contributed by atoms with Crippen molar-refractivity contribution in [3.05, 3.63) is 35.0 Å². The van der Waals surface area contributed by atoms with Crippen LogP contribution in [0.1, 0.15) is 12.7 Å². The maximum Gasteiger partial charge on any atom is 0.165 e. The van der Waals surface area contributed by atoms with Gasteiger partial charge in [0, 0.05) is 5.56 Å². The lowest BCUT2D eigenvalue weighted by Crippen LogP contribution is -1.98. The molecule has 0 atom stereocenters. The third kappa shape index (κ3) is 2.56. The van der Waals surface area contributed by atoms with Gasteiger partial charge in [0.25, 0.3) is 0 Å². The second-order valence-electron chi connectivity index (χ2n) is 3.58. The van der Waals surface area contributed by atoms with E-state index in [4.69, 9.17) is 16.3 Å². The molecule has 2 aromatic rings. The molecule has 0 saturated heterocycles. The summed E-state index contributed by atoms with van der Waals surface area (Å²) in [5, 5.41) is 7.92. The van der Waals surface area contributed by atoms with Crippen LogP contribution in [0.2, 0.25) is 5.15 Å². The van der Waals surface area contributed by atoms with Crippen LogP contribution < -0.4 is 4.74 Å². The van der Waals surface area contributed by atoms with E-state index in [0.717, 1.165) is 0 Å². The van der Waals surface area contributed by atoms with Crippen molar-refractivity contribution in [1.82, 2.24) is 15.2 Å². The van der Waals surface area contributed by atoms with Crippen LogP contribution in [0.4, 0.5) is 4.39 Å². The minimum atomic E-state index is -0.465. The molecular weight excluding hydrogens is 257 g/mol. The number of ether oxygens (including phenoxy) is 1. The second-order valence-corrected chi connectivity index (χ2v) is 3.93. The molecule has 0 amide bonds. The zero-order valence-corrected chi connectivity index (χ0v) is 10.7. The zero-order valence-electron chi connectivity index (χ0n) is 9.94. The van der Waals surface area contributed by atoms with E-state index in [0.29, 0.717) is 23.7 Å². The standard InChI is InChI=1S/C12H11ClFN3O/c1-3-18-10-5-4-8(6-9(10)14)11-12(13)15-7(2)16-17-11/h4-6H,3H2,1-2H3. The van der Waals surface area contributed by atoms with E-state index < -0.39 is 5.82 Å². The normalized spacial score (nSPS) is 10.4. The maximum absolute atomic E-state index is 13.7. The van der Waals surface area contributed by atoms with Gasteiger partial charge in [-0.25, -0.2) is 9.37 Å². The summed E-state index contributed by atoms with van der Waals surface area (Å²) in [4.78, 5) is 3.98. The lowest BCUT2D eigenvalue weighted by Gasteiger charge is -2.07. The summed E-state index contributed by atoms with van der Waals surface area (Å²) in [6.45, 7) is 3.88. The quantitative estimate of drug-likeness (QED) is 0.858. The average molecular weight is 268 g/mol. The summed E-state index contributed by atoms with van der Waals surface area (Å²) in [5.74, 6) is 0.202. The Hall–Kier alpha value is -1.75. The van der Waals surface area contributed by atoms with Crippen LogP contribution in [0, 0.1) is 12.7 Å². The van der Waals surface area contributed by atoms with Gasteiger partial charge in [0.15, 0.2) is 16.7 Å². The number of aryl methyl sites for hydroxylation is 1. The molecule has 0 N–H and O–H groups in total. The van der Waals surface area contributed by atoms with Crippen molar-refractivity contribution in [2.75, 3.05) is 6.61 Å². The lowest BCUT2D eigenvalue weighted by molar-refractivity contribution is 0.321. The molecule has 0 aliphatic heterocycles. The highest BCUT2D eigenvalue weighted by atomic mass is 35.5. The number of rotatable bonds is 3. The van der Waals surface area contributed by atoms with Gasteiger partial charge < -0.3 is 4.74 Å². The van der Waals surface area contributed by atoms with E-state index in [2.05, 4.69) is 15.2 Å². The Kier molecular flexibility index (Phi) is 3.72. The van der Waals surface area contributed by atoms with E-state index in [1.54, 1.807) is 19.9 Å². The van der Waals surface area contributed by atoms with Gasteiger partial charge in [-0.3, -0.25) is 0 Å². The molecule has 0 aliphatic carbocycles. The predicted octanol–water partition coefficient (Wildman–Crippen LogP) is 3.04. The molecule has 1 aromatic heterocycles. The van der Waals surface area contributed by atoms with Crippen LogP contribution >= 0.6 is 11.6 Å². The van der Waals surface area contributed by atoms with E-state index in [1.807, 2.05) is 0 Å². The van der Waals surface area contributed by atoms with Crippen LogP contribution in [0.25, 0.3) is 11.3 Å². The highest BCUT2D eigenvalue weighted by Crippen LogP contribution is 2.27. The summed E-state index contributed by atoms with van der Waals surface area (Å²) < 4.78 is 18.8. The summed E-state index contributed by atoms with van der Waals surface area (Å²) in [6.07, 6.45) is 0. The number of halogens is 2. The molecule has 1 heterocycles. The third-order valence-corrected chi connectivity index (χ3v) is 2.52. The summed E-state index contributed by atoms with van der Waals surface area (Å²) in [6, 6.07) is 4.50. The summed E-state index contributed by atoms with van der Waals surface area (Å²) in [7, 11) is 0. The van der Waals surface area contributed by atoms with Gasteiger partial charge in [0.2, 0.25) is 0 Å². The third-order valence-electron chi connectivity index (χ3n) is 2.26.